The molecule has 0 amide bonds. The van der Waals surface area contributed by atoms with Crippen LogP contribution in [-0.4, -0.2) is 43.1 Å². The van der Waals surface area contributed by atoms with Crippen LogP contribution in [0, 0.1) is 5.82 Å². The standard InChI is InChI=1S/C19H26ClFN4OS.HI/c1-5-22-19(23-9-8-14-6-7-15(21)10-17(14)20)25(3)11-16-12-27-18(24-16)13(2)26-4;/h6-7,10,12-13H,5,8-9,11H2,1-4H3,(H,22,23);1H. The molecule has 0 saturated heterocycles. The molecule has 0 spiro atoms. The summed E-state index contributed by atoms with van der Waals surface area (Å²) >= 11 is 7.68. The van der Waals surface area contributed by atoms with Gasteiger partial charge in [0.2, 0.25) is 0 Å². The zero-order valence-electron chi connectivity index (χ0n) is 16.5. The number of nitrogens with one attached hydrogen (secondary N) is 1. The van der Waals surface area contributed by atoms with E-state index in [1.807, 2.05) is 31.2 Å². The maximum Gasteiger partial charge on any atom is 0.194 e. The fourth-order valence-electron chi connectivity index (χ4n) is 2.48. The van der Waals surface area contributed by atoms with E-state index in [2.05, 4.69) is 15.3 Å². The maximum atomic E-state index is 13.1. The van der Waals surface area contributed by atoms with E-state index in [1.165, 1.54) is 12.1 Å². The van der Waals surface area contributed by atoms with Crippen molar-refractivity contribution < 1.29 is 9.13 Å². The quantitative estimate of drug-likeness (QED) is 0.294. The normalized spacial score (nSPS) is 12.4. The van der Waals surface area contributed by atoms with Crippen molar-refractivity contribution in [2.75, 3.05) is 27.2 Å². The largest absolute Gasteiger partial charge is 0.375 e. The summed E-state index contributed by atoms with van der Waals surface area (Å²) < 4.78 is 18.5. The highest BCUT2D eigenvalue weighted by atomic mass is 127. The van der Waals surface area contributed by atoms with Crippen molar-refractivity contribution in [1.29, 1.82) is 0 Å². The van der Waals surface area contributed by atoms with E-state index in [1.54, 1.807) is 24.5 Å². The van der Waals surface area contributed by atoms with Gasteiger partial charge in [-0.1, -0.05) is 17.7 Å². The second-order valence-electron chi connectivity index (χ2n) is 6.13. The number of halogens is 3. The number of rotatable bonds is 8. The first-order chi connectivity index (χ1) is 12.9. The average Bonchev–Trinajstić information content (AvgIpc) is 3.10. The van der Waals surface area contributed by atoms with Crippen LogP contribution in [-0.2, 0) is 17.7 Å². The first-order valence-electron chi connectivity index (χ1n) is 8.85. The van der Waals surface area contributed by atoms with Crippen LogP contribution < -0.4 is 5.32 Å². The first kappa shape index (κ1) is 25.1. The molecule has 0 radical (unpaired) electrons. The Labute approximate surface area is 192 Å². The van der Waals surface area contributed by atoms with Crippen molar-refractivity contribution in [2.24, 2.45) is 4.99 Å². The number of thiazole rings is 1. The van der Waals surface area contributed by atoms with Crippen molar-refractivity contribution in [3.63, 3.8) is 0 Å². The first-order valence-corrected chi connectivity index (χ1v) is 10.1. The third kappa shape index (κ3) is 7.46. The van der Waals surface area contributed by atoms with Gasteiger partial charge in [-0.15, -0.1) is 35.3 Å². The molecule has 0 aliphatic carbocycles. The zero-order valence-corrected chi connectivity index (χ0v) is 20.4. The minimum Gasteiger partial charge on any atom is -0.375 e. The minimum absolute atomic E-state index is 0. The minimum atomic E-state index is -0.328. The number of aliphatic imine (C=N–C) groups is 1. The fraction of sp³-hybridized carbons (Fsp3) is 0.474. The lowest BCUT2D eigenvalue weighted by Gasteiger charge is -2.21. The van der Waals surface area contributed by atoms with Crippen LogP contribution in [0.3, 0.4) is 0 Å². The SMILES string of the molecule is CCNC(=NCCc1ccc(F)cc1Cl)N(C)Cc1csc(C(C)OC)n1.I. The summed E-state index contributed by atoms with van der Waals surface area (Å²) in [6, 6.07) is 4.46. The van der Waals surface area contributed by atoms with Crippen LogP contribution in [0.25, 0.3) is 0 Å². The number of nitrogens with zero attached hydrogens (tertiary/aromatic N) is 3. The number of hydrogen-bond acceptors (Lipinski definition) is 4. The number of hydrogen-bond donors (Lipinski definition) is 1. The number of methoxy groups -OCH3 is 1. The number of benzene rings is 1. The predicted octanol–water partition coefficient (Wildman–Crippen LogP) is 4.90. The molecule has 156 valence electrons. The molecule has 1 heterocycles. The molecule has 28 heavy (non-hydrogen) atoms. The molecule has 1 aromatic heterocycles. The van der Waals surface area contributed by atoms with E-state index in [-0.39, 0.29) is 35.9 Å². The van der Waals surface area contributed by atoms with Gasteiger partial charge >= 0.3 is 0 Å². The monoisotopic (exact) mass is 540 g/mol. The highest BCUT2D eigenvalue weighted by Crippen LogP contribution is 2.21. The van der Waals surface area contributed by atoms with Gasteiger partial charge in [-0.2, -0.15) is 0 Å². The van der Waals surface area contributed by atoms with E-state index in [9.17, 15) is 4.39 Å². The predicted molar refractivity (Wildman–Crippen MR) is 126 cm³/mol. The van der Waals surface area contributed by atoms with Crippen LogP contribution in [0.15, 0.2) is 28.6 Å². The number of guanidine groups is 1. The summed E-state index contributed by atoms with van der Waals surface area (Å²) in [6.45, 7) is 5.99. The molecule has 0 fully saturated rings. The molecular weight excluding hydrogens is 514 g/mol. The Morgan fingerprint density at radius 3 is 2.86 bits per heavy atom. The van der Waals surface area contributed by atoms with Gasteiger partial charge in [-0.3, -0.25) is 4.99 Å². The summed E-state index contributed by atoms with van der Waals surface area (Å²) in [5.41, 5.74) is 1.87. The van der Waals surface area contributed by atoms with Crippen molar-refractivity contribution in [3.8, 4) is 0 Å². The Bertz CT molecular complexity index is 774. The van der Waals surface area contributed by atoms with Crippen LogP contribution >= 0.6 is 46.9 Å². The van der Waals surface area contributed by atoms with Crippen molar-refractivity contribution in [3.05, 3.63) is 50.7 Å². The zero-order chi connectivity index (χ0) is 19.8. The van der Waals surface area contributed by atoms with E-state index in [0.29, 0.717) is 24.5 Å². The molecule has 1 unspecified atom stereocenters. The Kier molecular flexibility index (Phi) is 11.2. The second kappa shape index (κ2) is 12.6. The van der Waals surface area contributed by atoms with Gasteiger partial charge in [-0.25, -0.2) is 9.37 Å². The van der Waals surface area contributed by atoms with Crippen molar-refractivity contribution in [1.82, 2.24) is 15.2 Å². The average molecular weight is 541 g/mol. The second-order valence-corrected chi connectivity index (χ2v) is 7.43. The lowest BCUT2D eigenvalue weighted by molar-refractivity contribution is 0.119. The van der Waals surface area contributed by atoms with E-state index < -0.39 is 0 Å². The number of ether oxygens (including phenoxy) is 1. The van der Waals surface area contributed by atoms with Crippen LogP contribution in [0.2, 0.25) is 5.02 Å². The molecule has 1 atom stereocenters. The summed E-state index contributed by atoms with van der Waals surface area (Å²) in [5.74, 6) is 0.468. The molecule has 9 heteroatoms. The lowest BCUT2D eigenvalue weighted by atomic mass is 10.1. The van der Waals surface area contributed by atoms with Crippen molar-refractivity contribution in [2.45, 2.75) is 32.9 Å². The molecule has 0 aliphatic heterocycles. The molecule has 2 rings (SSSR count). The summed E-state index contributed by atoms with van der Waals surface area (Å²) in [5, 5.41) is 6.73. The van der Waals surface area contributed by atoms with Gasteiger partial charge in [-0.05, 0) is 38.0 Å². The van der Waals surface area contributed by atoms with Crippen LogP contribution in [0.5, 0.6) is 0 Å². The highest BCUT2D eigenvalue weighted by molar-refractivity contribution is 14.0. The Morgan fingerprint density at radius 1 is 1.46 bits per heavy atom. The highest BCUT2D eigenvalue weighted by Gasteiger charge is 2.12. The molecule has 1 aromatic carbocycles. The molecule has 0 aliphatic rings. The lowest BCUT2D eigenvalue weighted by Crippen LogP contribution is -2.38. The Hall–Kier alpha value is -0.970. The van der Waals surface area contributed by atoms with E-state index in [0.717, 1.165) is 28.8 Å². The Balaban J connectivity index is 0.00000392. The van der Waals surface area contributed by atoms with Gasteiger partial charge in [0.1, 0.15) is 16.9 Å². The molecular formula is C19H27ClFIN4OS. The van der Waals surface area contributed by atoms with E-state index in [4.69, 9.17) is 16.3 Å². The van der Waals surface area contributed by atoms with Gasteiger partial charge in [0, 0.05) is 37.6 Å². The Morgan fingerprint density at radius 2 is 2.21 bits per heavy atom. The summed E-state index contributed by atoms with van der Waals surface area (Å²) in [6.07, 6.45) is 0.644. The van der Waals surface area contributed by atoms with Crippen LogP contribution in [0.1, 0.15) is 36.2 Å². The molecule has 2 aromatic rings. The smallest absolute Gasteiger partial charge is 0.194 e. The third-order valence-electron chi connectivity index (χ3n) is 4.02. The van der Waals surface area contributed by atoms with E-state index >= 15 is 0 Å². The molecule has 5 nitrogen and oxygen atoms in total. The van der Waals surface area contributed by atoms with Crippen molar-refractivity contribution >= 4 is 52.9 Å². The van der Waals surface area contributed by atoms with Crippen LogP contribution in [0.4, 0.5) is 4.39 Å². The molecule has 1 N–H and O–H groups in total. The third-order valence-corrected chi connectivity index (χ3v) is 5.43. The molecule has 0 saturated carbocycles. The summed E-state index contributed by atoms with van der Waals surface area (Å²) in [4.78, 5) is 11.3. The van der Waals surface area contributed by atoms with Gasteiger partial charge in [0.15, 0.2) is 5.96 Å². The number of aromatic nitrogens is 1. The van der Waals surface area contributed by atoms with Gasteiger partial charge in [0.25, 0.3) is 0 Å². The summed E-state index contributed by atoms with van der Waals surface area (Å²) in [7, 11) is 3.66. The van der Waals surface area contributed by atoms with Gasteiger partial charge < -0.3 is 15.0 Å². The maximum absolute atomic E-state index is 13.1. The molecule has 0 bridgehead atoms. The fourth-order valence-corrected chi connectivity index (χ4v) is 3.58. The topological polar surface area (TPSA) is 49.8 Å². The van der Waals surface area contributed by atoms with Gasteiger partial charge in [0.05, 0.1) is 12.2 Å².